The zero-order valence-corrected chi connectivity index (χ0v) is 25.6. The van der Waals surface area contributed by atoms with Crippen LogP contribution >= 0.6 is 0 Å². The number of hydrogen-bond donors (Lipinski definition) is 2. The number of aliphatic carboxylic acids is 1. The van der Waals surface area contributed by atoms with Crippen LogP contribution in [0.5, 0.6) is 5.75 Å². The van der Waals surface area contributed by atoms with Crippen LogP contribution in [-0.2, 0) is 17.5 Å². The van der Waals surface area contributed by atoms with E-state index < -0.39 is 35.8 Å². The monoisotopic (exact) mass is 663 g/mol. The molecule has 1 atom stereocenters. The van der Waals surface area contributed by atoms with Gasteiger partial charge < -0.3 is 15.2 Å². The van der Waals surface area contributed by atoms with Crippen LogP contribution in [0.2, 0.25) is 0 Å². The van der Waals surface area contributed by atoms with Gasteiger partial charge in [0.2, 0.25) is 0 Å². The van der Waals surface area contributed by atoms with Gasteiger partial charge in [0.25, 0.3) is 5.91 Å². The van der Waals surface area contributed by atoms with E-state index in [1.807, 2.05) is 17.0 Å². The van der Waals surface area contributed by atoms with Crippen LogP contribution < -0.4 is 10.1 Å². The number of carbonyl (C=O) groups excluding carboxylic acids is 1. The first kappa shape index (κ1) is 34.2. The zero-order valence-electron chi connectivity index (χ0n) is 25.6. The van der Waals surface area contributed by atoms with Gasteiger partial charge in [-0.15, -0.1) is 0 Å². The second-order valence-corrected chi connectivity index (χ2v) is 12.0. The predicted octanol–water partition coefficient (Wildman–Crippen LogP) is 7.42. The Labute approximate surface area is 268 Å². The quantitative estimate of drug-likeness (QED) is 0.232. The lowest BCUT2D eigenvalue weighted by molar-refractivity contribution is -0.177. The second kappa shape index (κ2) is 13.9. The summed E-state index contributed by atoms with van der Waals surface area (Å²) in [7, 11) is 1.12. The van der Waals surface area contributed by atoms with E-state index >= 15 is 0 Å². The number of methoxy groups -OCH3 is 1. The number of carboxylic acids is 1. The average molecular weight is 664 g/mol. The number of nitrogens with zero attached hydrogens (tertiary/aromatic N) is 2. The van der Waals surface area contributed by atoms with Crippen LogP contribution in [0, 0.1) is 0 Å². The van der Waals surface area contributed by atoms with Crippen molar-refractivity contribution in [2.24, 2.45) is 0 Å². The Morgan fingerprint density at radius 3 is 2.23 bits per heavy atom. The van der Waals surface area contributed by atoms with Crippen molar-refractivity contribution in [1.82, 2.24) is 9.80 Å². The summed E-state index contributed by atoms with van der Waals surface area (Å²) in [4.78, 5) is 27.3. The molecule has 0 unspecified atom stereocenters. The molecule has 2 fully saturated rings. The van der Waals surface area contributed by atoms with Crippen molar-refractivity contribution in [3.8, 4) is 16.9 Å². The van der Waals surface area contributed by atoms with Crippen molar-refractivity contribution in [1.29, 1.82) is 0 Å². The number of alkyl halides is 6. The first-order valence-electron chi connectivity index (χ1n) is 15.3. The van der Waals surface area contributed by atoms with E-state index in [9.17, 15) is 35.9 Å². The molecule has 252 valence electrons. The predicted molar refractivity (Wildman–Crippen MR) is 163 cm³/mol. The third kappa shape index (κ3) is 8.25. The summed E-state index contributed by atoms with van der Waals surface area (Å²) >= 11 is 0. The number of rotatable bonds is 9. The molecule has 2 aliphatic rings. The lowest BCUT2D eigenvalue weighted by Gasteiger charge is -2.31. The lowest BCUT2D eigenvalue weighted by atomic mass is 9.89. The summed E-state index contributed by atoms with van der Waals surface area (Å²) in [6.07, 6.45) is -7.36. The summed E-state index contributed by atoms with van der Waals surface area (Å²) in [5, 5.41) is 11.8. The van der Waals surface area contributed by atoms with Gasteiger partial charge in [-0.05, 0) is 110 Å². The van der Waals surface area contributed by atoms with Crippen molar-refractivity contribution in [2.45, 2.75) is 56.5 Å². The van der Waals surface area contributed by atoms with Crippen LogP contribution in [0.4, 0.5) is 32.0 Å². The summed E-state index contributed by atoms with van der Waals surface area (Å²) < 4.78 is 87.7. The molecule has 3 aromatic rings. The minimum atomic E-state index is -4.72. The van der Waals surface area contributed by atoms with E-state index in [2.05, 4.69) is 5.32 Å². The number of carbonyl (C=O) groups is 2. The molecule has 2 N–H and O–H groups in total. The normalized spacial score (nSPS) is 18.3. The highest BCUT2D eigenvalue weighted by molar-refractivity contribution is 6.04. The fourth-order valence-electron chi connectivity index (χ4n) is 6.51. The minimum Gasteiger partial charge on any atom is -0.496 e. The lowest BCUT2D eigenvalue weighted by Crippen LogP contribution is -2.40. The van der Waals surface area contributed by atoms with Crippen molar-refractivity contribution in [3.63, 3.8) is 0 Å². The molecule has 0 aliphatic carbocycles. The molecular weight excluding hydrogens is 628 g/mol. The number of benzene rings is 3. The minimum absolute atomic E-state index is 0.00412. The first-order valence-corrected chi connectivity index (χ1v) is 15.3. The zero-order chi connectivity index (χ0) is 33.9. The molecule has 0 saturated carbocycles. The van der Waals surface area contributed by atoms with Crippen molar-refractivity contribution in [3.05, 3.63) is 82.9 Å². The van der Waals surface area contributed by atoms with Gasteiger partial charge in [-0.2, -0.15) is 26.3 Å². The highest BCUT2D eigenvalue weighted by Crippen LogP contribution is 2.41. The van der Waals surface area contributed by atoms with Crippen molar-refractivity contribution in [2.75, 3.05) is 38.6 Å². The first-order chi connectivity index (χ1) is 22.2. The van der Waals surface area contributed by atoms with Gasteiger partial charge >= 0.3 is 18.3 Å². The molecule has 13 heteroatoms. The van der Waals surface area contributed by atoms with Gasteiger partial charge in [0, 0.05) is 17.8 Å². The van der Waals surface area contributed by atoms with E-state index in [0.29, 0.717) is 36.2 Å². The van der Waals surface area contributed by atoms with Gasteiger partial charge in [0.1, 0.15) is 11.8 Å². The summed E-state index contributed by atoms with van der Waals surface area (Å²) in [6, 6.07) is 13.4. The smallest absolute Gasteiger partial charge is 0.419 e. The van der Waals surface area contributed by atoms with Crippen LogP contribution in [0.25, 0.3) is 11.1 Å². The maximum atomic E-state index is 13.8. The maximum Gasteiger partial charge on any atom is 0.419 e. The molecule has 2 heterocycles. The summed E-state index contributed by atoms with van der Waals surface area (Å²) in [6.45, 7) is 1.31. The Balaban J connectivity index is 1.38. The maximum absolute atomic E-state index is 13.8. The van der Waals surface area contributed by atoms with Crippen LogP contribution in [0.1, 0.15) is 58.6 Å². The number of halogens is 6. The molecule has 7 nitrogen and oxygen atoms in total. The summed E-state index contributed by atoms with van der Waals surface area (Å²) in [5.41, 5.74) is 1.46. The van der Waals surface area contributed by atoms with E-state index in [0.717, 1.165) is 31.6 Å². The molecule has 47 heavy (non-hydrogen) atoms. The molecule has 1 amide bonds. The van der Waals surface area contributed by atoms with E-state index in [4.69, 9.17) is 9.84 Å². The molecule has 5 rings (SSSR count). The Morgan fingerprint density at radius 1 is 0.915 bits per heavy atom. The Hall–Kier alpha value is -4.10. The topological polar surface area (TPSA) is 82.1 Å². The molecule has 3 aromatic carbocycles. The van der Waals surface area contributed by atoms with Gasteiger partial charge in [0.15, 0.2) is 0 Å². The number of ether oxygens (including phenoxy) is 1. The number of piperidine rings is 1. The Bertz CT molecular complexity index is 1580. The summed E-state index contributed by atoms with van der Waals surface area (Å²) in [5.74, 6) is -1.46. The molecule has 0 bridgehead atoms. The van der Waals surface area contributed by atoms with Crippen LogP contribution in [0.15, 0.2) is 60.7 Å². The van der Waals surface area contributed by atoms with Gasteiger partial charge in [-0.25, -0.2) is 0 Å². The van der Waals surface area contributed by atoms with E-state index in [1.165, 1.54) is 35.2 Å². The third-order valence-electron chi connectivity index (χ3n) is 8.88. The number of hydrogen-bond acceptors (Lipinski definition) is 5. The van der Waals surface area contributed by atoms with Crippen LogP contribution in [0.3, 0.4) is 0 Å². The highest BCUT2D eigenvalue weighted by Gasteiger charge is 2.46. The standard InChI is InChI=1S/C34H35F6N3O4/c1-47-29-11-8-24(18-28(29)33(35,36)37)27-10-9-26(17-25(27)19-43-14-2-3-30(43)34(38,39)40)41-32(46)23-6-4-21(5-7-23)22-12-15-42(16-13-22)20-31(44)45/h4-11,17-18,22,30H,2-3,12-16,19-20H2,1H3,(H,41,46)(H,44,45)/t30-/m0/s1. The molecular formula is C34H35F6N3O4. The van der Waals surface area contributed by atoms with Gasteiger partial charge in [0.05, 0.1) is 19.2 Å². The van der Waals surface area contributed by atoms with Crippen molar-refractivity contribution >= 4 is 17.6 Å². The SMILES string of the molecule is COc1ccc(-c2ccc(NC(=O)c3ccc(C4CCN(CC(=O)O)CC4)cc3)cc2CN2CCC[C@H]2C(F)(F)F)cc1C(F)(F)F. The number of carboxylic acid groups (broad SMARTS) is 1. The largest absolute Gasteiger partial charge is 0.496 e. The average Bonchev–Trinajstić information content (AvgIpc) is 3.50. The fraction of sp³-hybridized carbons (Fsp3) is 0.412. The van der Waals surface area contributed by atoms with E-state index in [1.54, 1.807) is 12.1 Å². The number of likely N-dealkylation sites (tertiary alicyclic amines) is 2. The third-order valence-corrected chi connectivity index (χ3v) is 8.88. The molecule has 0 radical (unpaired) electrons. The Morgan fingerprint density at radius 2 is 1.62 bits per heavy atom. The van der Waals surface area contributed by atoms with Gasteiger partial charge in [-0.1, -0.05) is 24.3 Å². The van der Waals surface area contributed by atoms with Crippen molar-refractivity contribution < 1.29 is 45.8 Å². The number of nitrogens with one attached hydrogen (secondary N) is 1. The molecule has 0 spiro atoms. The fourth-order valence-corrected chi connectivity index (χ4v) is 6.51. The van der Waals surface area contributed by atoms with E-state index in [-0.39, 0.29) is 49.0 Å². The van der Waals surface area contributed by atoms with Crippen LogP contribution in [-0.4, -0.2) is 72.3 Å². The molecule has 2 aliphatic heterocycles. The Kier molecular flexibility index (Phi) is 10.2. The number of amides is 1. The second-order valence-electron chi connectivity index (χ2n) is 12.0. The molecule has 2 saturated heterocycles. The number of anilines is 1. The molecule has 0 aromatic heterocycles. The highest BCUT2D eigenvalue weighted by atomic mass is 19.4. The van der Waals surface area contributed by atoms with Gasteiger partial charge in [-0.3, -0.25) is 19.4 Å².